The molecular formula is C17H25NO. The van der Waals surface area contributed by atoms with E-state index < -0.39 is 0 Å². The third-order valence-corrected chi connectivity index (χ3v) is 5.03. The first kappa shape index (κ1) is 13.0. The summed E-state index contributed by atoms with van der Waals surface area (Å²) in [6, 6.07) is 6.73. The van der Waals surface area contributed by atoms with Crippen LogP contribution in [0.15, 0.2) is 18.2 Å². The van der Waals surface area contributed by atoms with E-state index in [0.29, 0.717) is 0 Å². The van der Waals surface area contributed by atoms with Gasteiger partial charge in [0.25, 0.3) is 0 Å². The van der Waals surface area contributed by atoms with Crippen LogP contribution in [-0.4, -0.2) is 20.2 Å². The lowest BCUT2D eigenvalue weighted by molar-refractivity contribution is 0.412. The van der Waals surface area contributed by atoms with Gasteiger partial charge in [0.1, 0.15) is 5.75 Å². The molecule has 2 aliphatic rings. The Morgan fingerprint density at radius 2 is 2.16 bits per heavy atom. The molecule has 3 atom stereocenters. The van der Waals surface area contributed by atoms with Crippen molar-refractivity contribution in [3.05, 3.63) is 29.3 Å². The van der Waals surface area contributed by atoms with Gasteiger partial charge in [0.15, 0.2) is 0 Å². The van der Waals surface area contributed by atoms with Crippen LogP contribution < -0.4 is 10.1 Å². The third-order valence-electron chi connectivity index (χ3n) is 5.03. The van der Waals surface area contributed by atoms with Crippen LogP contribution in [0.2, 0.25) is 0 Å². The van der Waals surface area contributed by atoms with Crippen molar-refractivity contribution in [1.29, 1.82) is 0 Å². The first-order valence-corrected chi connectivity index (χ1v) is 7.71. The zero-order valence-corrected chi connectivity index (χ0v) is 12.1. The standard InChI is InChI=1S/C17H25NO/c1-3-4-12-9-14(19-2)6-8-15(12)16-7-5-13-10-18-11-17(13)16/h6,8-9,13,16-18H,3-5,7,10-11H2,1-2H3/t13-,16-,17+/m1/s1. The SMILES string of the molecule is CCCc1cc(OC)ccc1[C@H]1CC[C@@H]2CNC[C@@H]21. The van der Waals surface area contributed by atoms with E-state index in [4.69, 9.17) is 4.74 Å². The number of ether oxygens (including phenoxy) is 1. The topological polar surface area (TPSA) is 21.3 Å². The lowest BCUT2D eigenvalue weighted by Crippen LogP contribution is -2.16. The zero-order chi connectivity index (χ0) is 13.2. The number of hydrogen-bond acceptors (Lipinski definition) is 2. The molecule has 0 amide bonds. The molecule has 1 heterocycles. The molecule has 2 nitrogen and oxygen atoms in total. The highest BCUT2D eigenvalue weighted by atomic mass is 16.5. The van der Waals surface area contributed by atoms with Gasteiger partial charge < -0.3 is 10.1 Å². The molecule has 2 heteroatoms. The Labute approximate surface area is 116 Å². The van der Waals surface area contributed by atoms with Crippen molar-refractivity contribution in [3.63, 3.8) is 0 Å². The molecule has 1 aromatic rings. The van der Waals surface area contributed by atoms with E-state index in [1.807, 2.05) is 0 Å². The molecule has 1 aliphatic carbocycles. The number of methoxy groups -OCH3 is 1. The Morgan fingerprint density at radius 1 is 1.26 bits per heavy atom. The molecule has 0 bridgehead atoms. The minimum Gasteiger partial charge on any atom is -0.497 e. The van der Waals surface area contributed by atoms with Crippen LogP contribution in [-0.2, 0) is 6.42 Å². The highest BCUT2D eigenvalue weighted by Gasteiger charge is 2.40. The van der Waals surface area contributed by atoms with Crippen molar-refractivity contribution < 1.29 is 4.74 Å². The Bertz CT molecular complexity index is 443. The molecule has 19 heavy (non-hydrogen) atoms. The maximum absolute atomic E-state index is 5.39. The third kappa shape index (κ3) is 2.38. The van der Waals surface area contributed by atoms with E-state index in [2.05, 4.69) is 30.4 Å². The summed E-state index contributed by atoms with van der Waals surface area (Å²) in [4.78, 5) is 0. The number of fused-ring (bicyclic) bond motifs is 1. The van der Waals surface area contributed by atoms with Gasteiger partial charge in [-0.25, -0.2) is 0 Å². The quantitative estimate of drug-likeness (QED) is 0.895. The summed E-state index contributed by atoms with van der Waals surface area (Å²) in [6.45, 7) is 4.71. The predicted octanol–water partition coefficient (Wildman–Crippen LogP) is 3.36. The maximum Gasteiger partial charge on any atom is 0.119 e. The second-order valence-corrected chi connectivity index (χ2v) is 6.08. The van der Waals surface area contributed by atoms with Crippen LogP contribution in [0.5, 0.6) is 5.75 Å². The van der Waals surface area contributed by atoms with E-state index in [1.165, 1.54) is 44.3 Å². The second kappa shape index (κ2) is 5.54. The minimum atomic E-state index is 0.771. The van der Waals surface area contributed by atoms with Gasteiger partial charge in [-0.1, -0.05) is 19.4 Å². The molecule has 3 rings (SSSR count). The van der Waals surface area contributed by atoms with Crippen LogP contribution in [0.25, 0.3) is 0 Å². The van der Waals surface area contributed by atoms with E-state index in [1.54, 1.807) is 12.7 Å². The molecule has 1 saturated carbocycles. The number of benzene rings is 1. The Hall–Kier alpha value is -1.02. The van der Waals surface area contributed by atoms with Crippen molar-refractivity contribution in [1.82, 2.24) is 5.32 Å². The lowest BCUT2D eigenvalue weighted by Gasteiger charge is -2.22. The van der Waals surface area contributed by atoms with Gasteiger partial charge in [-0.2, -0.15) is 0 Å². The van der Waals surface area contributed by atoms with Crippen LogP contribution in [0.3, 0.4) is 0 Å². The predicted molar refractivity (Wildman–Crippen MR) is 78.8 cm³/mol. The molecule has 1 N–H and O–H groups in total. The molecule has 0 spiro atoms. The van der Waals surface area contributed by atoms with Gasteiger partial charge in [0.05, 0.1) is 7.11 Å². The van der Waals surface area contributed by atoms with Crippen molar-refractivity contribution in [2.45, 2.75) is 38.5 Å². The minimum absolute atomic E-state index is 0.771. The average molecular weight is 259 g/mol. The molecule has 2 fully saturated rings. The van der Waals surface area contributed by atoms with Crippen LogP contribution >= 0.6 is 0 Å². The largest absolute Gasteiger partial charge is 0.497 e. The normalized spacial score (nSPS) is 29.5. The zero-order valence-electron chi connectivity index (χ0n) is 12.1. The van der Waals surface area contributed by atoms with Crippen LogP contribution in [0, 0.1) is 11.8 Å². The highest BCUT2D eigenvalue weighted by molar-refractivity contribution is 5.39. The molecule has 0 radical (unpaired) electrons. The summed E-state index contributed by atoms with van der Waals surface area (Å²) in [5.74, 6) is 3.56. The summed E-state index contributed by atoms with van der Waals surface area (Å²) in [6.07, 6.45) is 5.16. The number of aryl methyl sites for hydroxylation is 1. The first-order valence-electron chi connectivity index (χ1n) is 7.71. The van der Waals surface area contributed by atoms with Crippen molar-refractivity contribution in [2.75, 3.05) is 20.2 Å². The summed E-state index contributed by atoms with van der Waals surface area (Å²) >= 11 is 0. The summed E-state index contributed by atoms with van der Waals surface area (Å²) in [5, 5.41) is 3.57. The monoisotopic (exact) mass is 259 g/mol. The Balaban J connectivity index is 1.90. The fourth-order valence-corrected chi connectivity index (χ4v) is 4.09. The van der Waals surface area contributed by atoms with Gasteiger partial charge in [-0.05, 0) is 73.4 Å². The van der Waals surface area contributed by atoms with Crippen molar-refractivity contribution >= 4 is 0 Å². The Kier molecular flexibility index (Phi) is 3.79. The smallest absolute Gasteiger partial charge is 0.119 e. The van der Waals surface area contributed by atoms with Crippen LogP contribution in [0.1, 0.15) is 43.2 Å². The molecule has 1 saturated heterocycles. The summed E-state index contributed by atoms with van der Waals surface area (Å²) < 4.78 is 5.39. The van der Waals surface area contributed by atoms with Gasteiger partial charge >= 0.3 is 0 Å². The molecular weight excluding hydrogens is 234 g/mol. The van der Waals surface area contributed by atoms with Gasteiger partial charge in [-0.3, -0.25) is 0 Å². The van der Waals surface area contributed by atoms with Crippen molar-refractivity contribution in [2.24, 2.45) is 11.8 Å². The molecule has 1 aliphatic heterocycles. The van der Waals surface area contributed by atoms with E-state index in [9.17, 15) is 0 Å². The Morgan fingerprint density at radius 3 is 2.95 bits per heavy atom. The molecule has 1 aromatic carbocycles. The number of nitrogens with one attached hydrogen (secondary N) is 1. The fourth-order valence-electron chi connectivity index (χ4n) is 4.09. The molecule has 0 unspecified atom stereocenters. The highest BCUT2D eigenvalue weighted by Crippen LogP contribution is 2.46. The van der Waals surface area contributed by atoms with Crippen LogP contribution in [0.4, 0.5) is 0 Å². The molecule has 104 valence electrons. The van der Waals surface area contributed by atoms with Gasteiger partial charge in [0.2, 0.25) is 0 Å². The molecule has 0 aromatic heterocycles. The second-order valence-electron chi connectivity index (χ2n) is 6.08. The van der Waals surface area contributed by atoms with E-state index in [-0.39, 0.29) is 0 Å². The van der Waals surface area contributed by atoms with E-state index >= 15 is 0 Å². The number of hydrogen-bond donors (Lipinski definition) is 1. The summed E-state index contributed by atoms with van der Waals surface area (Å²) in [7, 11) is 1.76. The van der Waals surface area contributed by atoms with E-state index in [0.717, 1.165) is 23.5 Å². The fraction of sp³-hybridized carbons (Fsp3) is 0.647. The van der Waals surface area contributed by atoms with Gasteiger partial charge in [0, 0.05) is 0 Å². The summed E-state index contributed by atoms with van der Waals surface area (Å²) in [5.41, 5.74) is 3.11. The average Bonchev–Trinajstić information content (AvgIpc) is 3.02. The maximum atomic E-state index is 5.39. The lowest BCUT2D eigenvalue weighted by atomic mass is 9.83. The van der Waals surface area contributed by atoms with Crippen molar-refractivity contribution in [3.8, 4) is 5.75 Å². The van der Waals surface area contributed by atoms with Gasteiger partial charge in [-0.15, -0.1) is 0 Å². The first-order chi connectivity index (χ1) is 9.33. The number of rotatable bonds is 4.